The Morgan fingerprint density at radius 3 is 2.47 bits per heavy atom. The van der Waals surface area contributed by atoms with E-state index in [1.165, 1.54) is 54.6 Å². The lowest BCUT2D eigenvalue weighted by molar-refractivity contribution is -0.384. The van der Waals surface area contributed by atoms with E-state index in [1.807, 2.05) is 0 Å². The van der Waals surface area contributed by atoms with Gasteiger partial charge in [0.25, 0.3) is 11.6 Å². The highest BCUT2D eigenvalue weighted by molar-refractivity contribution is 6.42. The Bertz CT molecular complexity index is 1230. The predicted molar refractivity (Wildman–Crippen MR) is 114 cm³/mol. The second-order valence-corrected chi connectivity index (χ2v) is 7.10. The summed E-state index contributed by atoms with van der Waals surface area (Å²) in [4.78, 5) is 22.8. The monoisotopic (exact) mass is 461 g/mol. The maximum Gasteiger partial charge on any atom is 0.270 e. The summed E-state index contributed by atoms with van der Waals surface area (Å²) in [6.45, 7) is 0. The van der Waals surface area contributed by atoms with E-state index in [0.717, 1.165) is 0 Å². The minimum absolute atomic E-state index is 0.151. The van der Waals surface area contributed by atoms with E-state index in [4.69, 9.17) is 39.2 Å². The van der Waals surface area contributed by atoms with Gasteiger partial charge in [-0.1, -0.05) is 34.8 Å². The fourth-order valence-corrected chi connectivity index (χ4v) is 2.96. The average Bonchev–Trinajstić information content (AvgIpc) is 3.17. The van der Waals surface area contributed by atoms with Crippen molar-refractivity contribution in [3.05, 3.63) is 85.0 Å². The third kappa shape index (κ3) is 4.81. The molecule has 1 amide bonds. The zero-order valence-corrected chi connectivity index (χ0v) is 17.1. The van der Waals surface area contributed by atoms with Crippen molar-refractivity contribution in [2.75, 3.05) is 5.32 Å². The van der Waals surface area contributed by atoms with Gasteiger partial charge < -0.3 is 9.73 Å². The molecule has 0 bridgehead atoms. The van der Waals surface area contributed by atoms with E-state index in [0.29, 0.717) is 16.3 Å². The normalized spacial score (nSPS) is 11.1. The first-order valence-corrected chi connectivity index (χ1v) is 9.34. The molecule has 0 saturated carbocycles. The summed E-state index contributed by atoms with van der Waals surface area (Å²) in [6, 6.07) is 13.3. The summed E-state index contributed by atoms with van der Waals surface area (Å²) < 4.78 is 5.60. The van der Waals surface area contributed by atoms with Gasteiger partial charge in [0.1, 0.15) is 23.2 Å². The molecule has 0 fully saturated rings. The Kier molecular flexibility index (Phi) is 6.43. The number of anilines is 1. The number of rotatable bonds is 5. The number of amides is 1. The van der Waals surface area contributed by atoms with E-state index in [-0.39, 0.29) is 32.8 Å². The van der Waals surface area contributed by atoms with Crippen molar-refractivity contribution in [2.45, 2.75) is 0 Å². The maximum absolute atomic E-state index is 12.4. The van der Waals surface area contributed by atoms with Crippen LogP contribution in [0.15, 0.2) is 58.5 Å². The van der Waals surface area contributed by atoms with E-state index >= 15 is 0 Å². The van der Waals surface area contributed by atoms with Crippen molar-refractivity contribution in [3.8, 4) is 17.4 Å². The number of carbonyl (C=O) groups excluding carboxylic acids is 1. The number of nitrogens with one attached hydrogen (secondary N) is 1. The molecule has 1 aromatic heterocycles. The zero-order valence-electron chi connectivity index (χ0n) is 14.9. The average molecular weight is 463 g/mol. The van der Waals surface area contributed by atoms with E-state index in [9.17, 15) is 20.2 Å². The second kappa shape index (κ2) is 9.01. The fourth-order valence-electron chi connectivity index (χ4n) is 2.45. The van der Waals surface area contributed by atoms with E-state index in [2.05, 4.69) is 5.32 Å². The van der Waals surface area contributed by atoms with Crippen molar-refractivity contribution >= 4 is 58.2 Å². The molecule has 0 atom stereocenters. The summed E-state index contributed by atoms with van der Waals surface area (Å²) in [5, 5.41) is 23.7. The molecular weight excluding hydrogens is 453 g/mol. The smallest absolute Gasteiger partial charge is 0.270 e. The molecule has 150 valence electrons. The highest BCUT2D eigenvalue weighted by Gasteiger charge is 2.16. The molecule has 0 aliphatic carbocycles. The molecule has 0 radical (unpaired) electrons. The van der Waals surface area contributed by atoms with Crippen LogP contribution in [0.5, 0.6) is 0 Å². The SMILES string of the molecule is N#C/C(=C\c1ccc(-c2cc([N+](=O)[O-])ccc2Cl)o1)C(=O)Nc1ccc(Cl)c(Cl)c1. The van der Waals surface area contributed by atoms with Crippen molar-refractivity contribution in [2.24, 2.45) is 0 Å². The molecule has 0 unspecified atom stereocenters. The second-order valence-electron chi connectivity index (χ2n) is 5.88. The number of nitro benzene ring substituents is 1. The molecule has 7 nitrogen and oxygen atoms in total. The number of carbonyl (C=O) groups is 1. The number of nitriles is 1. The van der Waals surface area contributed by atoms with Crippen LogP contribution in [0.1, 0.15) is 5.76 Å². The van der Waals surface area contributed by atoms with Crippen LogP contribution in [0.25, 0.3) is 17.4 Å². The lowest BCUT2D eigenvalue weighted by Gasteiger charge is -2.05. The van der Waals surface area contributed by atoms with Gasteiger partial charge in [0.2, 0.25) is 0 Å². The van der Waals surface area contributed by atoms with Gasteiger partial charge in [0.05, 0.1) is 20.0 Å². The highest BCUT2D eigenvalue weighted by Crippen LogP contribution is 2.33. The molecule has 3 aromatic rings. The predicted octanol–water partition coefficient (Wildman–Crippen LogP) is 6.36. The van der Waals surface area contributed by atoms with Gasteiger partial charge in [-0.15, -0.1) is 0 Å². The Balaban J connectivity index is 1.86. The first-order valence-electron chi connectivity index (χ1n) is 8.21. The summed E-state index contributed by atoms with van der Waals surface area (Å²) in [6.07, 6.45) is 1.24. The van der Waals surface area contributed by atoms with Gasteiger partial charge in [-0.25, -0.2) is 0 Å². The Hall–Kier alpha value is -3.31. The molecule has 2 aromatic carbocycles. The van der Waals surface area contributed by atoms with Gasteiger partial charge in [0, 0.05) is 29.5 Å². The van der Waals surface area contributed by atoms with Gasteiger partial charge in [0.15, 0.2) is 0 Å². The van der Waals surface area contributed by atoms with Crippen LogP contribution in [-0.4, -0.2) is 10.8 Å². The molecule has 1 heterocycles. The van der Waals surface area contributed by atoms with Crippen LogP contribution in [-0.2, 0) is 4.79 Å². The number of hydrogen-bond acceptors (Lipinski definition) is 5. The minimum Gasteiger partial charge on any atom is -0.457 e. The Labute approximate surface area is 185 Å². The van der Waals surface area contributed by atoms with Crippen molar-refractivity contribution < 1.29 is 14.1 Å². The molecule has 0 aliphatic heterocycles. The van der Waals surface area contributed by atoms with Gasteiger partial charge >= 0.3 is 0 Å². The van der Waals surface area contributed by atoms with E-state index in [1.54, 1.807) is 6.07 Å². The van der Waals surface area contributed by atoms with Crippen LogP contribution in [0.3, 0.4) is 0 Å². The number of halogens is 3. The summed E-state index contributed by atoms with van der Waals surface area (Å²) in [5.74, 6) is -0.243. The number of nitrogens with zero attached hydrogens (tertiary/aromatic N) is 2. The Morgan fingerprint density at radius 2 is 1.80 bits per heavy atom. The largest absolute Gasteiger partial charge is 0.457 e. The third-order valence-electron chi connectivity index (χ3n) is 3.88. The van der Waals surface area contributed by atoms with Gasteiger partial charge in [-0.05, 0) is 36.4 Å². The topological polar surface area (TPSA) is 109 Å². The third-order valence-corrected chi connectivity index (χ3v) is 4.95. The highest BCUT2D eigenvalue weighted by atomic mass is 35.5. The number of non-ortho nitro benzene ring substituents is 1. The van der Waals surface area contributed by atoms with Gasteiger partial charge in [-0.3, -0.25) is 14.9 Å². The number of benzene rings is 2. The zero-order chi connectivity index (χ0) is 21.8. The van der Waals surface area contributed by atoms with Crippen molar-refractivity contribution in [1.29, 1.82) is 5.26 Å². The molecule has 1 N–H and O–H groups in total. The van der Waals surface area contributed by atoms with Crippen LogP contribution in [0.4, 0.5) is 11.4 Å². The lowest BCUT2D eigenvalue weighted by atomic mass is 10.1. The van der Waals surface area contributed by atoms with Crippen LogP contribution in [0, 0.1) is 21.4 Å². The summed E-state index contributed by atoms with van der Waals surface area (Å²) >= 11 is 17.9. The molecule has 0 saturated heterocycles. The Morgan fingerprint density at radius 1 is 1.07 bits per heavy atom. The quantitative estimate of drug-likeness (QED) is 0.205. The van der Waals surface area contributed by atoms with Crippen molar-refractivity contribution in [3.63, 3.8) is 0 Å². The van der Waals surface area contributed by atoms with Crippen molar-refractivity contribution in [1.82, 2.24) is 0 Å². The molecule has 10 heteroatoms. The number of furan rings is 1. The first kappa shape index (κ1) is 21.4. The summed E-state index contributed by atoms with van der Waals surface area (Å²) in [5.41, 5.74) is 0.289. The van der Waals surface area contributed by atoms with Crippen LogP contribution in [0.2, 0.25) is 15.1 Å². The van der Waals surface area contributed by atoms with Crippen LogP contribution >= 0.6 is 34.8 Å². The van der Waals surface area contributed by atoms with E-state index < -0.39 is 10.8 Å². The molecule has 30 heavy (non-hydrogen) atoms. The lowest BCUT2D eigenvalue weighted by Crippen LogP contribution is -2.13. The number of nitro groups is 1. The number of hydrogen-bond donors (Lipinski definition) is 1. The van der Waals surface area contributed by atoms with Gasteiger partial charge in [-0.2, -0.15) is 5.26 Å². The minimum atomic E-state index is -0.678. The molecule has 3 rings (SSSR count). The fraction of sp³-hybridized carbons (Fsp3) is 0. The molecule has 0 aliphatic rings. The molecule has 0 spiro atoms. The molecular formula is C20H10Cl3N3O4. The standard InChI is InChI=1S/C20H10Cl3N3O4/c21-16-5-2-13(26(28)29)9-15(16)19-6-3-14(30-19)7-11(10-24)20(27)25-12-1-4-17(22)18(23)8-12/h1-9H,(H,25,27)/b11-7+. The summed E-state index contributed by atoms with van der Waals surface area (Å²) in [7, 11) is 0. The van der Waals surface area contributed by atoms with Crippen LogP contribution < -0.4 is 5.32 Å². The first-order chi connectivity index (χ1) is 14.3. The maximum atomic E-state index is 12.4.